The van der Waals surface area contributed by atoms with Gasteiger partial charge < -0.3 is 45.3 Å². The van der Waals surface area contributed by atoms with Gasteiger partial charge in [0, 0.05) is 56.1 Å². The maximum absolute atomic E-state index is 12.7. The minimum Gasteiger partial charge on any atom is -0.395 e. The molecule has 0 aromatic heterocycles. The lowest BCUT2D eigenvalue weighted by molar-refractivity contribution is 0.0680. The van der Waals surface area contributed by atoms with E-state index in [2.05, 4.69) is 0 Å². The van der Waals surface area contributed by atoms with Crippen LogP contribution in [-0.4, -0.2) is 136 Å². The van der Waals surface area contributed by atoms with Gasteiger partial charge in [0.05, 0.1) is 39.6 Å². The Morgan fingerprint density at radius 2 is 0.881 bits per heavy atom. The monoisotopic (exact) mass is 587 g/mol. The van der Waals surface area contributed by atoms with Crippen LogP contribution in [0.3, 0.4) is 0 Å². The third kappa shape index (κ3) is 11.2. The Hall–Kier alpha value is -3.32. The number of aliphatic hydroxyl groups is 6. The first-order valence-corrected chi connectivity index (χ1v) is 14.3. The molecule has 2 aromatic carbocycles. The number of hydrogen-bond donors (Lipinski definition) is 6. The Labute approximate surface area is 247 Å². The van der Waals surface area contributed by atoms with Crippen molar-refractivity contribution in [1.29, 1.82) is 0 Å². The van der Waals surface area contributed by atoms with Gasteiger partial charge in [0.1, 0.15) is 0 Å². The smallest absolute Gasteiger partial charge is 0.254 e. The molecule has 0 unspecified atom stereocenters. The van der Waals surface area contributed by atoms with Crippen molar-refractivity contribution in [1.82, 2.24) is 14.7 Å². The maximum Gasteiger partial charge on any atom is 0.254 e. The molecule has 2 amide bonds. The number of aliphatic hydroxyl groups excluding tert-OH is 6. The molecule has 0 aliphatic carbocycles. The molecule has 0 aliphatic rings. The summed E-state index contributed by atoms with van der Waals surface area (Å²) in [6.07, 6.45) is 3.89. The van der Waals surface area contributed by atoms with E-state index in [1.165, 1.54) is 9.80 Å². The number of benzene rings is 2. The van der Waals surface area contributed by atoms with Crippen molar-refractivity contribution < 1.29 is 40.2 Å². The molecule has 6 N–H and O–H groups in total. The van der Waals surface area contributed by atoms with Crippen LogP contribution in [0, 0.1) is 0 Å². The molecule has 0 atom stereocenters. The zero-order chi connectivity index (χ0) is 30.7. The predicted octanol–water partition coefficient (Wildman–Crippen LogP) is -0.114. The van der Waals surface area contributed by atoms with Crippen LogP contribution < -0.4 is 0 Å². The topological polar surface area (TPSA) is 165 Å². The van der Waals surface area contributed by atoms with Crippen molar-refractivity contribution in [3.8, 4) is 0 Å². The molecule has 2 rings (SSSR count). The largest absolute Gasteiger partial charge is 0.395 e. The number of amides is 2. The summed E-state index contributed by atoms with van der Waals surface area (Å²) in [6, 6.07) is 14.3. The number of hydrogen-bond acceptors (Lipinski definition) is 9. The van der Waals surface area contributed by atoms with Crippen LogP contribution in [-0.2, 0) is 12.8 Å². The van der Waals surface area contributed by atoms with Crippen molar-refractivity contribution in [3.63, 3.8) is 0 Å². The van der Waals surface area contributed by atoms with Crippen molar-refractivity contribution in [3.05, 3.63) is 82.6 Å². The second-order valence-corrected chi connectivity index (χ2v) is 9.71. The van der Waals surface area contributed by atoms with Crippen LogP contribution in [0.25, 0.3) is 0 Å². The summed E-state index contributed by atoms with van der Waals surface area (Å²) < 4.78 is 0. The lowest BCUT2D eigenvalue weighted by Crippen LogP contribution is -2.35. The molecule has 0 spiro atoms. The Kier molecular flexibility index (Phi) is 16.4. The highest BCUT2D eigenvalue weighted by Crippen LogP contribution is 2.17. The molecule has 0 fully saturated rings. The molecule has 11 heteroatoms. The van der Waals surface area contributed by atoms with Gasteiger partial charge in [-0.25, -0.2) is 0 Å². The third-order valence-corrected chi connectivity index (χ3v) is 6.85. The fraction of sp³-hybridized carbons (Fsp3) is 0.484. The molecule has 0 aliphatic heterocycles. The normalized spacial score (nSPS) is 11.4. The second kappa shape index (κ2) is 19.7. The fourth-order valence-corrected chi connectivity index (χ4v) is 4.61. The number of carbonyl (C=O) groups excluding carboxylic acids is 2. The predicted molar refractivity (Wildman–Crippen MR) is 159 cm³/mol. The van der Waals surface area contributed by atoms with Crippen LogP contribution in [0.1, 0.15) is 38.3 Å². The highest BCUT2D eigenvalue weighted by Gasteiger charge is 2.16. The lowest BCUT2D eigenvalue weighted by atomic mass is 10.0. The molecule has 0 saturated carbocycles. The highest BCUT2D eigenvalue weighted by molar-refractivity contribution is 5.94. The van der Waals surface area contributed by atoms with E-state index in [9.17, 15) is 40.2 Å². The van der Waals surface area contributed by atoms with E-state index >= 15 is 0 Å². The van der Waals surface area contributed by atoms with Crippen molar-refractivity contribution >= 4 is 11.8 Å². The van der Waals surface area contributed by atoms with E-state index in [1.54, 1.807) is 24.3 Å². The van der Waals surface area contributed by atoms with Crippen LogP contribution in [0.4, 0.5) is 0 Å². The van der Waals surface area contributed by atoms with Gasteiger partial charge in [0.2, 0.25) is 0 Å². The van der Waals surface area contributed by atoms with Gasteiger partial charge in [-0.3, -0.25) is 9.59 Å². The number of nitrogens with zero attached hydrogens (tertiary/aromatic N) is 3. The Bertz CT molecular complexity index is 1070. The van der Waals surface area contributed by atoms with Crippen LogP contribution in [0.5, 0.6) is 0 Å². The molecule has 0 bridgehead atoms. The van der Waals surface area contributed by atoms with E-state index < -0.39 is 0 Å². The average molecular weight is 588 g/mol. The van der Waals surface area contributed by atoms with Crippen LogP contribution in [0.2, 0.25) is 0 Å². The Morgan fingerprint density at radius 3 is 1.26 bits per heavy atom. The first-order chi connectivity index (χ1) is 20.4. The SMILES string of the molecule is O=C(c1ccc(C/C=C(/CCc2ccc(C(=O)N(CCO)CCO)cc2)N(CCO)CCO)cc1)N(CCO)CCO. The highest BCUT2D eigenvalue weighted by atomic mass is 16.3. The summed E-state index contributed by atoms with van der Waals surface area (Å²) in [5.41, 5.74) is 3.85. The molecule has 0 radical (unpaired) electrons. The van der Waals surface area contributed by atoms with Gasteiger partial charge in [-0.15, -0.1) is 0 Å². The lowest BCUT2D eigenvalue weighted by Gasteiger charge is -2.26. The summed E-state index contributed by atoms with van der Waals surface area (Å²) >= 11 is 0. The summed E-state index contributed by atoms with van der Waals surface area (Å²) in [5, 5.41) is 56.0. The quantitative estimate of drug-likeness (QED) is 0.124. The summed E-state index contributed by atoms with van der Waals surface area (Å²) in [7, 11) is 0. The van der Waals surface area contributed by atoms with Crippen LogP contribution >= 0.6 is 0 Å². The van der Waals surface area contributed by atoms with E-state index in [1.807, 2.05) is 35.2 Å². The number of allylic oxidation sites excluding steroid dienone is 2. The summed E-state index contributed by atoms with van der Waals surface area (Å²) in [6.45, 7) is 0.417. The number of rotatable bonds is 20. The second-order valence-electron chi connectivity index (χ2n) is 9.71. The molecule has 0 saturated heterocycles. The van der Waals surface area contributed by atoms with E-state index in [0.29, 0.717) is 43.5 Å². The molecule has 2 aromatic rings. The molecular formula is C31H45N3O8. The summed E-state index contributed by atoms with van der Waals surface area (Å²) in [5.74, 6) is -0.523. The molecular weight excluding hydrogens is 542 g/mol. The van der Waals surface area contributed by atoms with Gasteiger partial charge in [0.25, 0.3) is 11.8 Å². The first kappa shape index (κ1) is 34.9. The standard InChI is InChI=1S/C31H45N3O8/c35-19-13-32(14-20-36)29(11-5-25-1-7-27(8-2-25)30(41)33(15-21-37)16-22-38)12-6-26-3-9-28(10-4-26)31(42)34(17-23-39)18-24-40/h1-4,7-11,35-40H,5-6,12-24H2/b29-11-. The average Bonchev–Trinajstić information content (AvgIpc) is 3.01. The van der Waals surface area contributed by atoms with E-state index in [-0.39, 0.29) is 77.6 Å². The number of aryl methyl sites for hydroxylation is 1. The first-order valence-electron chi connectivity index (χ1n) is 14.3. The van der Waals surface area contributed by atoms with Gasteiger partial charge in [-0.1, -0.05) is 30.3 Å². The fourth-order valence-electron chi connectivity index (χ4n) is 4.61. The third-order valence-electron chi connectivity index (χ3n) is 6.85. The molecule has 11 nitrogen and oxygen atoms in total. The molecule has 42 heavy (non-hydrogen) atoms. The van der Waals surface area contributed by atoms with Crippen molar-refractivity contribution in [2.24, 2.45) is 0 Å². The minimum atomic E-state index is -0.264. The Balaban J connectivity index is 2.15. The van der Waals surface area contributed by atoms with Crippen LogP contribution in [0.15, 0.2) is 60.3 Å². The zero-order valence-corrected chi connectivity index (χ0v) is 24.1. The van der Waals surface area contributed by atoms with Crippen molar-refractivity contribution in [2.75, 3.05) is 78.9 Å². The Morgan fingerprint density at radius 1 is 0.524 bits per heavy atom. The van der Waals surface area contributed by atoms with Crippen molar-refractivity contribution in [2.45, 2.75) is 19.3 Å². The maximum atomic E-state index is 12.7. The minimum absolute atomic E-state index is 0.0681. The molecule has 232 valence electrons. The van der Waals surface area contributed by atoms with Gasteiger partial charge in [-0.2, -0.15) is 0 Å². The molecule has 0 heterocycles. The zero-order valence-electron chi connectivity index (χ0n) is 24.1. The summed E-state index contributed by atoms with van der Waals surface area (Å²) in [4.78, 5) is 30.2. The van der Waals surface area contributed by atoms with Gasteiger partial charge >= 0.3 is 0 Å². The van der Waals surface area contributed by atoms with Gasteiger partial charge in [-0.05, 0) is 54.7 Å². The van der Waals surface area contributed by atoms with E-state index in [0.717, 1.165) is 16.8 Å². The number of carbonyl (C=O) groups is 2. The van der Waals surface area contributed by atoms with Gasteiger partial charge in [0.15, 0.2) is 0 Å². The van der Waals surface area contributed by atoms with E-state index in [4.69, 9.17) is 0 Å².